The van der Waals surface area contributed by atoms with E-state index in [4.69, 9.17) is 4.74 Å². The highest BCUT2D eigenvalue weighted by molar-refractivity contribution is 5.69. The third-order valence-electron chi connectivity index (χ3n) is 3.71. The molecule has 0 saturated heterocycles. The molecule has 0 bridgehead atoms. The first-order valence-electron chi connectivity index (χ1n) is 7.69. The minimum Gasteiger partial charge on any atom is -1.00 e. The van der Waals surface area contributed by atoms with Gasteiger partial charge in [-0.05, 0) is 23.3 Å². The van der Waals surface area contributed by atoms with Crippen LogP contribution in [-0.2, 0) is 6.54 Å². The molecule has 0 spiro atoms. The van der Waals surface area contributed by atoms with Gasteiger partial charge in [0.15, 0.2) is 18.9 Å². The standard InChI is InChI=1S/C21H20NO.BrH/c1-23-21-11-9-18(10-12-21)7-8-19-13-15-22(16-14-19)17-20-5-3-2-4-6-20;/h2-16H,17H2,1H3;1H/q+1;/p-1. The first-order valence-corrected chi connectivity index (χ1v) is 7.69. The maximum absolute atomic E-state index is 5.17. The van der Waals surface area contributed by atoms with Gasteiger partial charge in [-0.2, -0.15) is 0 Å². The van der Waals surface area contributed by atoms with Crippen molar-refractivity contribution in [3.05, 3.63) is 95.8 Å². The molecule has 1 aromatic heterocycles. The number of pyridine rings is 1. The predicted octanol–water partition coefficient (Wildman–Crippen LogP) is 1.21. The second kappa shape index (κ2) is 9.04. The molecule has 122 valence electrons. The molecule has 0 fully saturated rings. The molecule has 3 aromatic rings. The normalized spacial score (nSPS) is 10.4. The number of methoxy groups -OCH3 is 1. The number of rotatable bonds is 5. The van der Waals surface area contributed by atoms with Crippen LogP contribution >= 0.6 is 0 Å². The molecular formula is C21H20BrNO. The summed E-state index contributed by atoms with van der Waals surface area (Å²) >= 11 is 0. The van der Waals surface area contributed by atoms with Crippen molar-refractivity contribution in [2.45, 2.75) is 6.54 Å². The van der Waals surface area contributed by atoms with Crippen molar-refractivity contribution in [1.29, 1.82) is 0 Å². The van der Waals surface area contributed by atoms with Gasteiger partial charge in [0.2, 0.25) is 0 Å². The highest BCUT2D eigenvalue weighted by atomic mass is 79.9. The first kappa shape index (κ1) is 18.0. The molecule has 0 saturated carbocycles. The minimum atomic E-state index is 0. The Kier molecular flexibility index (Phi) is 6.76. The molecule has 2 aromatic carbocycles. The molecule has 24 heavy (non-hydrogen) atoms. The molecule has 1 heterocycles. The summed E-state index contributed by atoms with van der Waals surface area (Å²) < 4.78 is 7.35. The lowest BCUT2D eigenvalue weighted by molar-refractivity contribution is -0.688. The molecule has 3 heteroatoms. The van der Waals surface area contributed by atoms with Crippen molar-refractivity contribution in [2.24, 2.45) is 0 Å². The van der Waals surface area contributed by atoms with Crippen LogP contribution in [0.25, 0.3) is 12.2 Å². The van der Waals surface area contributed by atoms with E-state index in [0.29, 0.717) is 0 Å². The van der Waals surface area contributed by atoms with E-state index in [1.807, 2.05) is 30.3 Å². The van der Waals surface area contributed by atoms with Crippen molar-refractivity contribution < 1.29 is 26.3 Å². The van der Waals surface area contributed by atoms with Crippen LogP contribution in [0.5, 0.6) is 5.75 Å². The number of hydrogen-bond acceptors (Lipinski definition) is 1. The lowest BCUT2D eigenvalue weighted by Crippen LogP contribution is -3.00. The summed E-state index contributed by atoms with van der Waals surface area (Å²) in [5, 5.41) is 0. The Bertz CT molecular complexity index is 765. The molecule has 0 aliphatic rings. The molecular weight excluding hydrogens is 362 g/mol. The maximum Gasteiger partial charge on any atom is 0.173 e. The Labute approximate surface area is 153 Å². The maximum atomic E-state index is 5.17. The lowest BCUT2D eigenvalue weighted by atomic mass is 10.1. The first-order chi connectivity index (χ1) is 11.3. The topological polar surface area (TPSA) is 13.1 Å². The zero-order valence-electron chi connectivity index (χ0n) is 13.6. The minimum absolute atomic E-state index is 0. The largest absolute Gasteiger partial charge is 1.00 e. The second-order valence-electron chi connectivity index (χ2n) is 5.40. The van der Waals surface area contributed by atoms with Crippen LogP contribution in [-0.4, -0.2) is 7.11 Å². The number of halogens is 1. The SMILES string of the molecule is COc1ccc(C=Cc2cc[n+](Cc3ccccc3)cc2)cc1.[Br-]. The fourth-order valence-corrected chi connectivity index (χ4v) is 2.39. The average molecular weight is 382 g/mol. The van der Waals surface area contributed by atoms with E-state index in [1.54, 1.807) is 7.11 Å². The zero-order valence-corrected chi connectivity index (χ0v) is 15.2. The third-order valence-corrected chi connectivity index (χ3v) is 3.71. The highest BCUT2D eigenvalue weighted by Crippen LogP contribution is 2.13. The van der Waals surface area contributed by atoms with Gasteiger partial charge in [-0.25, -0.2) is 4.57 Å². The van der Waals surface area contributed by atoms with E-state index in [2.05, 4.69) is 65.5 Å². The van der Waals surface area contributed by atoms with Crippen LogP contribution in [0.2, 0.25) is 0 Å². The molecule has 0 aliphatic carbocycles. The Morgan fingerprint density at radius 1 is 0.792 bits per heavy atom. The van der Waals surface area contributed by atoms with E-state index < -0.39 is 0 Å². The number of aromatic nitrogens is 1. The summed E-state index contributed by atoms with van der Waals surface area (Å²) in [6.45, 7) is 0.892. The van der Waals surface area contributed by atoms with Crippen molar-refractivity contribution in [3.8, 4) is 5.75 Å². The van der Waals surface area contributed by atoms with Gasteiger partial charge in [-0.3, -0.25) is 0 Å². The molecule has 0 atom stereocenters. The van der Waals surface area contributed by atoms with Crippen molar-refractivity contribution in [2.75, 3.05) is 7.11 Å². The summed E-state index contributed by atoms with van der Waals surface area (Å²) in [5.41, 5.74) is 3.65. The Morgan fingerprint density at radius 2 is 1.38 bits per heavy atom. The highest BCUT2D eigenvalue weighted by Gasteiger charge is 2.01. The molecule has 0 aliphatic heterocycles. The van der Waals surface area contributed by atoms with Gasteiger partial charge in [0.05, 0.1) is 7.11 Å². The predicted molar refractivity (Wildman–Crippen MR) is 94.1 cm³/mol. The summed E-state index contributed by atoms with van der Waals surface area (Å²) in [5.74, 6) is 0.879. The fraction of sp³-hybridized carbons (Fsp3) is 0.0952. The quantitative estimate of drug-likeness (QED) is 0.605. The Morgan fingerprint density at radius 3 is 1.96 bits per heavy atom. The van der Waals surface area contributed by atoms with E-state index in [1.165, 1.54) is 11.1 Å². The number of benzene rings is 2. The van der Waals surface area contributed by atoms with Crippen LogP contribution in [0.15, 0.2) is 79.1 Å². The van der Waals surface area contributed by atoms with Gasteiger partial charge in [-0.15, -0.1) is 0 Å². The summed E-state index contributed by atoms with van der Waals surface area (Å²) in [6.07, 6.45) is 8.45. The second-order valence-corrected chi connectivity index (χ2v) is 5.40. The molecule has 0 N–H and O–H groups in total. The molecule has 2 nitrogen and oxygen atoms in total. The van der Waals surface area contributed by atoms with Crippen molar-refractivity contribution in [3.63, 3.8) is 0 Å². The van der Waals surface area contributed by atoms with Gasteiger partial charge in [-0.1, -0.05) is 54.6 Å². The van der Waals surface area contributed by atoms with E-state index in [0.717, 1.165) is 17.9 Å². The van der Waals surface area contributed by atoms with Gasteiger partial charge in [0.25, 0.3) is 0 Å². The van der Waals surface area contributed by atoms with Crippen LogP contribution in [0.4, 0.5) is 0 Å². The monoisotopic (exact) mass is 381 g/mol. The number of ether oxygens (including phenoxy) is 1. The molecule has 0 unspecified atom stereocenters. The van der Waals surface area contributed by atoms with Gasteiger partial charge >= 0.3 is 0 Å². The fourth-order valence-electron chi connectivity index (χ4n) is 2.39. The number of nitrogens with zero attached hydrogens (tertiary/aromatic N) is 1. The third kappa shape index (κ3) is 5.07. The Hall–Kier alpha value is -2.39. The van der Waals surface area contributed by atoms with Crippen molar-refractivity contribution in [1.82, 2.24) is 0 Å². The summed E-state index contributed by atoms with van der Waals surface area (Å²) in [6, 6.07) is 22.8. The Balaban J connectivity index is 0.00000208. The van der Waals surface area contributed by atoms with E-state index >= 15 is 0 Å². The van der Waals surface area contributed by atoms with Crippen LogP contribution in [0.3, 0.4) is 0 Å². The zero-order chi connectivity index (χ0) is 15.9. The summed E-state index contributed by atoms with van der Waals surface area (Å²) in [7, 11) is 1.68. The lowest BCUT2D eigenvalue weighted by Gasteiger charge is -2.00. The van der Waals surface area contributed by atoms with Crippen LogP contribution < -0.4 is 26.3 Å². The van der Waals surface area contributed by atoms with Gasteiger partial charge < -0.3 is 21.7 Å². The molecule has 0 amide bonds. The van der Waals surface area contributed by atoms with Crippen molar-refractivity contribution >= 4 is 12.2 Å². The smallest absolute Gasteiger partial charge is 0.173 e. The van der Waals surface area contributed by atoms with E-state index in [9.17, 15) is 0 Å². The molecule has 0 radical (unpaired) electrons. The van der Waals surface area contributed by atoms with Gasteiger partial charge in [0, 0.05) is 17.7 Å². The van der Waals surface area contributed by atoms with Crippen LogP contribution in [0.1, 0.15) is 16.7 Å². The van der Waals surface area contributed by atoms with Crippen LogP contribution in [0, 0.1) is 0 Å². The van der Waals surface area contributed by atoms with Gasteiger partial charge in [0.1, 0.15) is 5.75 Å². The summed E-state index contributed by atoms with van der Waals surface area (Å²) in [4.78, 5) is 0. The average Bonchev–Trinajstić information content (AvgIpc) is 2.62. The number of hydrogen-bond donors (Lipinski definition) is 0. The van der Waals surface area contributed by atoms with E-state index in [-0.39, 0.29) is 17.0 Å². The molecule has 3 rings (SSSR count).